The van der Waals surface area contributed by atoms with Crippen LogP contribution in [0.5, 0.6) is 0 Å². The molecule has 148 valence electrons. The Morgan fingerprint density at radius 1 is 0.966 bits per heavy atom. The van der Waals surface area contributed by atoms with E-state index in [1.807, 2.05) is 35.2 Å². The van der Waals surface area contributed by atoms with Crippen LogP contribution in [0.15, 0.2) is 71.3 Å². The summed E-state index contributed by atoms with van der Waals surface area (Å²) in [5, 5.41) is 4.12. The molecule has 0 spiro atoms. The molecule has 0 saturated carbocycles. The van der Waals surface area contributed by atoms with Gasteiger partial charge >= 0.3 is 0 Å². The average molecular weight is 387 g/mol. The van der Waals surface area contributed by atoms with Crippen molar-refractivity contribution in [2.75, 3.05) is 19.6 Å². The predicted molar refractivity (Wildman–Crippen MR) is 111 cm³/mol. The van der Waals surface area contributed by atoms with Gasteiger partial charge in [0.2, 0.25) is 5.76 Å². The molecule has 3 fully saturated rings. The minimum absolute atomic E-state index is 0.0434. The van der Waals surface area contributed by atoms with Crippen molar-refractivity contribution in [3.8, 4) is 11.3 Å². The lowest BCUT2D eigenvalue weighted by Gasteiger charge is -2.36. The highest BCUT2D eigenvalue weighted by Crippen LogP contribution is 2.30. The summed E-state index contributed by atoms with van der Waals surface area (Å²) in [5.74, 6) is 0.802. The van der Waals surface area contributed by atoms with Crippen molar-refractivity contribution < 1.29 is 9.32 Å². The van der Waals surface area contributed by atoms with Crippen molar-refractivity contribution in [3.05, 3.63) is 78.1 Å². The zero-order valence-electron chi connectivity index (χ0n) is 16.4. The van der Waals surface area contributed by atoms with Gasteiger partial charge in [0, 0.05) is 43.9 Å². The largest absolute Gasteiger partial charge is 0.350 e. The van der Waals surface area contributed by atoms with Crippen molar-refractivity contribution >= 4 is 5.91 Å². The highest BCUT2D eigenvalue weighted by molar-refractivity contribution is 5.92. The third kappa shape index (κ3) is 3.83. The zero-order valence-corrected chi connectivity index (χ0v) is 16.4. The Labute approximate surface area is 170 Å². The van der Waals surface area contributed by atoms with Gasteiger partial charge in [0.15, 0.2) is 0 Å². The van der Waals surface area contributed by atoms with E-state index in [2.05, 4.69) is 40.4 Å². The topological polar surface area (TPSA) is 49.6 Å². The van der Waals surface area contributed by atoms with Gasteiger partial charge in [-0.3, -0.25) is 9.69 Å². The van der Waals surface area contributed by atoms with Crippen LogP contribution < -0.4 is 0 Å². The molecule has 3 aliphatic heterocycles. The summed E-state index contributed by atoms with van der Waals surface area (Å²) in [6, 6.07) is 22.6. The number of benzene rings is 2. The fourth-order valence-electron chi connectivity index (χ4n) is 4.63. The molecule has 0 aliphatic carbocycles. The van der Waals surface area contributed by atoms with Crippen LogP contribution >= 0.6 is 0 Å². The van der Waals surface area contributed by atoms with Gasteiger partial charge in [-0.1, -0.05) is 65.8 Å². The quantitative estimate of drug-likeness (QED) is 0.677. The molecule has 2 aromatic carbocycles. The Kier molecular flexibility index (Phi) is 4.90. The minimum atomic E-state index is -0.0434. The van der Waals surface area contributed by atoms with Crippen LogP contribution in [0.3, 0.4) is 0 Å². The van der Waals surface area contributed by atoms with Gasteiger partial charge < -0.3 is 9.42 Å². The Morgan fingerprint density at radius 2 is 1.72 bits per heavy atom. The first kappa shape index (κ1) is 18.1. The fourth-order valence-corrected chi connectivity index (χ4v) is 4.63. The Morgan fingerprint density at radius 3 is 2.52 bits per heavy atom. The molecular formula is C24H25N3O2. The van der Waals surface area contributed by atoms with E-state index in [4.69, 9.17) is 4.52 Å². The standard InChI is InChI=1S/C24H25N3O2/c28-24(23-13-22(25-29-23)20-9-5-2-6-10-20)27-16-19-11-12-21(17-27)26(15-19)14-18-7-3-1-4-8-18/h1-10,13,19,21H,11-12,14-17H2/t19-,21-/m0/s1. The molecule has 0 radical (unpaired) electrons. The lowest BCUT2D eigenvalue weighted by Crippen LogP contribution is -2.43. The number of carbonyl (C=O) groups excluding carboxylic acids is 1. The summed E-state index contributed by atoms with van der Waals surface area (Å²) in [7, 11) is 0. The summed E-state index contributed by atoms with van der Waals surface area (Å²) in [6.07, 6.45) is 2.33. The molecule has 2 bridgehead atoms. The highest BCUT2D eigenvalue weighted by atomic mass is 16.5. The molecule has 6 rings (SSSR count). The number of piperidine rings is 1. The minimum Gasteiger partial charge on any atom is -0.350 e. The molecule has 1 amide bonds. The van der Waals surface area contributed by atoms with E-state index in [1.165, 1.54) is 12.0 Å². The lowest BCUT2D eigenvalue weighted by molar-refractivity contribution is 0.0694. The molecule has 2 atom stereocenters. The third-order valence-corrected chi connectivity index (χ3v) is 6.13. The molecule has 3 aliphatic rings. The molecule has 29 heavy (non-hydrogen) atoms. The van der Waals surface area contributed by atoms with Crippen LogP contribution in [0.25, 0.3) is 11.3 Å². The smallest absolute Gasteiger partial charge is 0.292 e. The van der Waals surface area contributed by atoms with Crippen molar-refractivity contribution in [2.24, 2.45) is 5.92 Å². The molecule has 4 heterocycles. The first-order valence-corrected chi connectivity index (χ1v) is 10.4. The molecule has 0 N–H and O–H groups in total. The number of nitrogens with zero attached hydrogens (tertiary/aromatic N) is 3. The maximum Gasteiger partial charge on any atom is 0.292 e. The monoisotopic (exact) mass is 387 g/mol. The van der Waals surface area contributed by atoms with Gasteiger partial charge in [0.1, 0.15) is 5.69 Å². The van der Waals surface area contributed by atoms with Crippen LogP contribution in [0.2, 0.25) is 0 Å². The molecule has 5 nitrogen and oxygen atoms in total. The summed E-state index contributed by atoms with van der Waals surface area (Å²) in [4.78, 5) is 17.7. The van der Waals surface area contributed by atoms with E-state index < -0.39 is 0 Å². The number of carbonyl (C=O) groups is 1. The number of hydrogen-bond donors (Lipinski definition) is 0. The lowest BCUT2D eigenvalue weighted by atomic mass is 9.94. The summed E-state index contributed by atoms with van der Waals surface area (Å²) >= 11 is 0. The van der Waals surface area contributed by atoms with Crippen molar-refractivity contribution in [1.29, 1.82) is 0 Å². The van der Waals surface area contributed by atoms with Crippen LogP contribution in [0, 0.1) is 5.92 Å². The maximum atomic E-state index is 13.2. The summed E-state index contributed by atoms with van der Waals surface area (Å²) < 4.78 is 5.43. The normalized spacial score (nSPS) is 21.9. The van der Waals surface area contributed by atoms with E-state index in [0.717, 1.165) is 38.2 Å². The van der Waals surface area contributed by atoms with E-state index in [9.17, 15) is 4.79 Å². The summed E-state index contributed by atoms with van der Waals surface area (Å²) in [5.41, 5.74) is 3.00. The van der Waals surface area contributed by atoms with E-state index in [-0.39, 0.29) is 5.91 Å². The SMILES string of the molecule is O=C(c1cc(-c2ccccc2)no1)N1C[C@H]2CC[C@@H](C1)N(Cc1ccccc1)C2. The Balaban J connectivity index is 1.31. The molecule has 3 saturated heterocycles. The number of fused-ring (bicyclic) bond motifs is 4. The maximum absolute atomic E-state index is 13.2. The second kappa shape index (κ2) is 7.84. The molecule has 5 heteroatoms. The predicted octanol–water partition coefficient (Wildman–Crippen LogP) is 4.08. The van der Waals surface area contributed by atoms with Crippen LogP contribution in [0.1, 0.15) is 29.0 Å². The van der Waals surface area contributed by atoms with Crippen LogP contribution in [-0.2, 0) is 6.54 Å². The molecule has 1 aromatic heterocycles. The van der Waals surface area contributed by atoms with Gasteiger partial charge in [-0.15, -0.1) is 0 Å². The molecule has 3 aromatic rings. The molecule has 0 unspecified atom stereocenters. The highest BCUT2D eigenvalue weighted by Gasteiger charge is 2.37. The fraction of sp³-hybridized carbons (Fsp3) is 0.333. The molecular weight excluding hydrogens is 362 g/mol. The number of rotatable bonds is 4. The van der Waals surface area contributed by atoms with Gasteiger partial charge in [-0.2, -0.15) is 0 Å². The van der Waals surface area contributed by atoms with Crippen molar-refractivity contribution in [1.82, 2.24) is 15.0 Å². The number of aromatic nitrogens is 1. The van der Waals surface area contributed by atoms with Gasteiger partial charge in [-0.25, -0.2) is 0 Å². The van der Waals surface area contributed by atoms with E-state index in [0.29, 0.717) is 23.4 Å². The zero-order chi connectivity index (χ0) is 19.6. The van der Waals surface area contributed by atoms with Gasteiger partial charge in [0.25, 0.3) is 5.91 Å². The number of hydrogen-bond acceptors (Lipinski definition) is 4. The Hall–Kier alpha value is -2.92. The van der Waals surface area contributed by atoms with Crippen LogP contribution in [-0.4, -0.2) is 46.5 Å². The van der Waals surface area contributed by atoms with E-state index >= 15 is 0 Å². The average Bonchev–Trinajstić information content (AvgIpc) is 3.09. The first-order valence-electron chi connectivity index (χ1n) is 10.4. The first-order chi connectivity index (χ1) is 14.3. The number of amides is 1. The van der Waals surface area contributed by atoms with Gasteiger partial charge in [-0.05, 0) is 24.3 Å². The van der Waals surface area contributed by atoms with E-state index in [1.54, 1.807) is 6.07 Å². The Bertz CT molecular complexity index is 970. The van der Waals surface area contributed by atoms with Crippen molar-refractivity contribution in [3.63, 3.8) is 0 Å². The van der Waals surface area contributed by atoms with Crippen molar-refractivity contribution in [2.45, 2.75) is 25.4 Å². The second-order valence-electron chi connectivity index (χ2n) is 8.16. The second-order valence-corrected chi connectivity index (χ2v) is 8.16. The third-order valence-electron chi connectivity index (χ3n) is 6.13. The summed E-state index contributed by atoms with van der Waals surface area (Å²) in [6.45, 7) is 3.55. The van der Waals surface area contributed by atoms with Gasteiger partial charge in [0.05, 0.1) is 0 Å². The van der Waals surface area contributed by atoms with Crippen LogP contribution in [0.4, 0.5) is 0 Å².